The second kappa shape index (κ2) is 15.6. The summed E-state index contributed by atoms with van der Waals surface area (Å²) in [6.07, 6.45) is 24.0. The molecular weight excluding hydrogens is 344 g/mol. The minimum Gasteiger partial charge on any atom is -0.491 e. The number of aryl methyl sites for hydroxylation is 1. The van der Waals surface area contributed by atoms with Gasteiger partial charge in [0.25, 0.3) is 0 Å². The first-order valence-electron chi connectivity index (χ1n) is 11.9. The molecule has 0 aromatic heterocycles. The van der Waals surface area contributed by atoms with Gasteiger partial charge in [0.1, 0.15) is 18.5 Å². The highest BCUT2D eigenvalue weighted by Crippen LogP contribution is 2.17. The first-order valence-corrected chi connectivity index (χ1v) is 11.9. The normalized spacial score (nSPS) is 16.0. The molecule has 0 spiro atoms. The van der Waals surface area contributed by atoms with Crippen molar-refractivity contribution in [2.24, 2.45) is 0 Å². The second-order valence-electron chi connectivity index (χ2n) is 8.24. The first-order chi connectivity index (χ1) is 13.9. The minimum atomic E-state index is 0.328. The number of hydrogen-bond donors (Lipinski definition) is 0. The average molecular weight is 387 g/mol. The maximum Gasteiger partial charge on any atom is 0.119 e. The third kappa shape index (κ3) is 12.2. The van der Waals surface area contributed by atoms with Gasteiger partial charge in [-0.05, 0) is 56.2 Å². The van der Waals surface area contributed by atoms with Crippen LogP contribution in [0.5, 0.6) is 5.75 Å². The monoisotopic (exact) mass is 386 g/mol. The van der Waals surface area contributed by atoms with Gasteiger partial charge in [-0.25, -0.2) is 0 Å². The van der Waals surface area contributed by atoms with Crippen molar-refractivity contribution in [3.63, 3.8) is 0 Å². The van der Waals surface area contributed by atoms with Gasteiger partial charge in [-0.1, -0.05) is 82.6 Å². The molecule has 28 heavy (non-hydrogen) atoms. The molecule has 0 amide bonds. The molecule has 0 bridgehead atoms. The van der Waals surface area contributed by atoms with Gasteiger partial charge in [0.05, 0.1) is 6.61 Å². The zero-order chi connectivity index (χ0) is 19.7. The van der Waals surface area contributed by atoms with Crippen LogP contribution in [0, 0.1) is 0 Å². The van der Waals surface area contributed by atoms with E-state index in [1.807, 2.05) is 0 Å². The fraction of sp³-hybridized carbons (Fsp3) is 0.692. The molecule has 2 nitrogen and oxygen atoms in total. The lowest BCUT2D eigenvalue weighted by Crippen LogP contribution is -2.03. The molecule has 1 aliphatic heterocycles. The van der Waals surface area contributed by atoms with Crippen molar-refractivity contribution in [1.82, 2.24) is 0 Å². The lowest BCUT2D eigenvalue weighted by molar-refractivity contribution is 0.263. The molecule has 1 aromatic carbocycles. The number of hydrogen-bond acceptors (Lipinski definition) is 2. The summed E-state index contributed by atoms with van der Waals surface area (Å²) in [6.45, 7) is 3.83. The summed E-state index contributed by atoms with van der Waals surface area (Å²) in [5.41, 5.74) is 1.42. The zero-order valence-electron chi connectivity index (χ0n) is 18.2. The molecule has 1 aromatic rings. The van der Waals surface area contributed by atoms with Crippen LogP contribution in [0.25, 0.3) is 0 Å². The van der Waals surface area contributed by atoms with E-state index in [1.54, 1.807) is 0 Å². The largest absolute Gasteiger partial charge is 0.491 e. The molecule has 158 valence electrons. The summed E-state index contributed by atoms with van der Waals surface area (Å²) in [5.74, 6) is 0.959. The number of ether oxygens (including phenoxy) is 2. The Labute approximate surface area is 173 Å². The number of allylic oxidation sites excluding steroid dienone is 2. The van der Waals surface area contributed by atoms with E-state index in [2.05, 4.69) is 43.3 Å². The Morgan fingerprint density at radius 3 is 2.00 bits per heavy atom. The van der Waals surface area contributed by atoms with Crippen molar-refractivity contribution in [2.75, 3.05) is 13.2 Å². The molecule has 1 heterocycles. The van der Waals surface area contributed by atoms with Crippen molar-refractivity contribution in [2.45, 2.75) is 103 Å². The molecule has 0 aliphatic carbocycles. The Balaban J connectivity index is 1.35. The van der Waals surface area contributed by atoms with Gasteiger partial charge in [0.2, 0.25) is 0 Å². The number of rotatable bonds is 18. The van der Waals surface area contributed by atoms with Crippen LogP contribution in [-0.4, -0.2) is 19.3 Å². The molecule has 0 radical (unpaired) electrons. The van der Waals surface area contributed by atoms with Crippen molar-refractivity contribution < 1.29 is 9.47 Å². The van der Waals surface area contributed by atoms with Crippen LogP contribution in [0.2, 0.25) is 0 Å². The number of benzene rings is 1. The summed E-state index contributed by atoms with van der Waals surface area (Å²) >= 11 is 0. The highest BCUT2D eigenvalue weighted by Gasteiger charge is 2.22. The van der Waals surface area contributed by atoms with E-state index >= 15 is 0 Å². The average Bonchev–Trinajstić information content (AvgIpc) is 3.55. The highest BCUT2D eigenvalue weighted by atomic mass is 16.6. The van der Waals surface area contributed by atoms with E-state index in [1.165, 1.54) is 95.5 Å². The van der Waals surface area contributed by atoms with Crippen LogP contribution in [0.1, 0.15) is 96.0 Å². The molecule has 1 aliphatic rings. The Morgan fingerprint density at radius 1 is 0.821 bits per heavy atom. The van der Waals surface area contributed by atoms with Gasteiger partial charge in [0, 0.05) is 0 Å². The van der Waals surface area contributed by atoms with Crippen molar-refractivity contribution in [3.8, 4) is 5.75 Å². The lowest BCUT2D eigenvalue weighted by Gasteiger charge is -2.06. The maximum absolute atomic E-state index is 5.68. The quantitative estimate of drug-likeness (QED) is 0.147. The summed E-state index contributed by atoms with van der Waals surface area (Å²) in [5, 5.41) is 0. The predicted octanol–water partition coefficient (Wildman–Crippen LogP) is 7.65. The molecule has 1 unspecified atom stereocenters. The summed E-state index contributed by atoms with van der Waals surface area (Å²) in [7, 11) is 0. The Bertz CT molecular complexity index is 502. The van der Waals surface area contributed by atoms with Crippen LogP contribution in [-0.2, 0) is 11.2 Å². The number of epoxide rings is 1. The van der Waals surface area contributed by atoms with Crippen molar-refractivity contribution >= 4 is 0 Å². The molecule has 1 atom stereocenters. The van der Waals surface area contributed by atoms with Crippen molar-refractivity contribution in [3.05, 3.63) is 42.0 Å². The van der Waals surface area contributed by atoms with Gasteiger partial charge in [-0.2, -0.15) is 0 Å². The third-order valence-corrected chi connectivity index (χ3v) is 5.49. The van der Waals surface area contributed by atoms with Gasteiger partial charge in [-0.15, -0.1) is 0 Å². The van der Waals surface area contributed by atoms with E-state index in [0.717, 1.165) is 12.4 Å². The van der Waals surface area contributed by atoms with Crippen molar-refractivity contribution in [1.29, 1.82) is 0 Å². The maximum atomic E-state index is 5.68. The lowest BCUT2D eigenvalue weighted by atomic mass is 10.1. The van der Waals surface area contributed by atoms with Gasteiger partial charge in [-0.3, -0.25) is 0 Å². The van der Waals surface area contributed by atoms with E-state index in [9.17, 15) is 0 Å². The van der Waals surface area contributed by atoms with Crippen LogP contribution >= 0.6 is 0 Å². The minimum absolute atomic E-state index is 0.328. The van der Waals surface area contributed by atoms with Gasteiger partial charge < -0.3 is 9.47 Å². The molecule has 1 fully saturated rings. The van der Waals surface area contributed by atoms with E-state index in [-0.39, 0.29) is 0 Å². The fourth-order valence-corrected chi connectivity index (χ4v) is 3.51. The van der Waals surface area contributed by atoms with Crippen LogP contribution in [0.4, 0.5) is 0 Å². The molecule has 2 rings (SSSR count). The Hall–Kier alpha value is -1.28. The predicted molar refractivity (Wildman–Crippen MR) is 120 cm³/mol. The molecule has 0 saturated carbocycles. The summed E-state index contributed by atoms with van der Waals surface area (Å²) in [4.78, 5) is 0. The molecular formula is C26H42O2. The van der Waals surface area contributed by atoms with Gasteiger partial charge in [0.15, 0.2) is 0 Å². The summed E-state index contributed by atoms with van der Waals surface area (Å²) in [6, 6.07) is 8.58. The van der Waals surface area contributed by atoms with Crippen LogP contribution < -0.4 is 4.74 Å². The first kappa shape index (κ1) is 23.0. The second-order valence-corrected chi connectivity index (χ2v) is 8.24. The zero-order valence-corrected chi connectivity index (χ0v) is 18.2. The summed E-state index contributed by atoms with van der Waals surface area (Å²) < 4.78 is 10.8. The van der Waals surface area contributed by atoms with E-state index in [4.69, 9.17) is 9.47 Å². The molecule has 0 N–H and O–H groups in total. The number of unbranched alkanes of at least 4 members (excludes halogenated alkanes) is 11. The van der Waals surface area contributed by atoms with Gasteiger partial charge >= 0.3 is 0 Å². The Morgan fingerprint density at radius 2 is 1.39 bits per heavy atom. The van der Waals surface area contributed by atoms with E-state index in [0.29, 0.717) is 12.7 Å². The molecule has 1 saturated heterocycles. The standard InChI is InChI=1S/C26H42O2/c1-2-3-4-5-6-7-8-9-10-11-12-13-14-15-16-17-24-18-20-25(21-19-24)27-22-26-23-28-26/h11-12,18-21,26H,2-10,13-17,22-23H2,1H3/b12-11+. The van der Waals surface area contributed by atoms with Crippen LogP contribution in [0.15, 0.2) is 36.4 Å². The van der Waals surface area contributed by atoms with E-state index < -0.39 is 0 Å². The van der Waals surface area contributed by atoms with Crippen LogP contribution in [0.3, 0.4) is 0 Å². The Kier molecular flexibility index (Phi) is 12.8. The smallest absolute Gasteiger partial charge is 0.119 e. The topological polar surface area (TPSA) is 21.8 Å². The SMILES string of the molecule is CCCCCCCCCC/C=C/CCCCCc1ccc(OCC2CO2)cc1. The fourth-order valence-electron chi connectivity index (χ4n) is 3.51. The molecule has 2 heteroatoms. The highest BCUT2D eigenvalue weighted by molar-refractivity contribution is 5.27. The third-order valence-electron chi connectivity index (χ3n) is 5.49.